The molecule has 0 spiro atoms. The van der Waals surface area contributed by atoms with Crippen LogP contribution in [0.25, 0.3) is 0 Å². The van der Waals surface area contributed by atoms with E-state index in [1.54, 1.807) is 6.07 Å². The first-order valence-electron chi connectivity index (χ1n) is 5.41. The summed E-state index contributed by atoms with van der Waals surface area (Å²) in [6.45, 7) is 1.87. The maximum Gasteiger partial charge on any atom is 0.354 e. The zero-order chi connectivity index (χ0) is 14.0. The van der Waals surface area contributed by atoms with Crippen molar-refractivity contribution in [1.29, 1.82) is 0 Å². The van der Waals surface area contributed by atoms with Gasteiger partial charge in [-0.2, -0.15) is 0 Å². The Bertz CT molecular complexity index is 644. The summed E-state index contributed by atoms with van der Waals surface area (Å²) in [5, 5.41) is 8.89. The Balaban J connectivity index is 2.37. The van der Waals surface area contributed by atoms with Gasteiger partial charge in [0.15, 0.2) is 5.69 Å². The van der Waals surface area contributed by atoms with E-state index < -0.39 is 5.97 Å². The van der Waals surface area contributed by atoms with E-state index in [0.717, 1.165) is 10.0 Å². The lowest BCUT2D eigenvalue weighted by molar-refractivity contribution is 0.0689. The molecule has 0 bridgehead atoms. The van der Waals surface area contributed by atoms with Crippen molar-refractivity contribution in [3.05, 3.63) is 46.1 Å². The highest BCUT2D eigenvalue weighted by molar-refractivity contribution is 9.10. The van der Waals surface area contributed by atoms with E-state index in [1.165, 1.54) is 12.1 Å². The number of benzene rings is 1. The van der Waals surface area contributed by atoms with E-state index >= 15 is 0 Å². The Morgan fingerprint density at radius 1 is 1.37 bits per heavy atom. The molecule has 0 saturated heterocycles. The highest BCUT2D eigenvalue weighted by Crippen LogP contribution is 2.29. The summed E-state index contributed by atoms with van der Waals surface area (Å²) in [6.07, 6.45) is 0. The Morgan fingerprint density at radius 2 is 2.11 bits per heavy atom. The molecule has 2 aromatic rings. The number of nitrogens with zero attached hydrogens (tertiary/aromatic N) is 1. The molecule has 0 atom stereocenters. The van der Waals surface area contributed by atoms with E-state index in [0.29, 0.717) is 5.75 Å². The van der Waals surface area contributed by atoms with Crippen molar-refractivity contribution in [2.45, 2.75) is 6.92 Å². The Hall–Kier alpha value is -2.08. The van der Waals surface area contributed by atoms with Crippen LogP contribution in [0.3, 0.4) is 0 Å². The summed E-state index contributed by atoms with van der Waals surface area (Å²) in [4.78, 5) is 14.7. The number of carboxylic acid groups (broad SMARTS) is 1. The molecule has 5 nitrogen and oxygen atoms in total. The van der Waals surface area contributed by atoms with Crippen LogP contribution in [0.1, 0.15) is 16.1 Å². The van der Waals surface area contributed by atoms with Crippen LogP contribution in [0.2, 0.25) is 0 Å². The maximum absolute atomic E-state index is 10.9. The summed E-state index contributed by atoms with van der Waals surface area (Å²) in [5.74, 6) is -0.465. The lowest BCUT2D eigenvalue weighted by atomic mass is 10.2. The van der Waals surface area contributed by atoms with Crippen molar-refractivity contribution >= 4 is 27.6 Å². The zero-order valence-electron chi connectivity index (χ0n) is 10.1. The second kappa shape index (κ2) is 5.27. The Kier molecular flexibility index (Phi) is 3.71. The van der Waals surface area contributed by atoms with Crippen molar-refractivity contribution in [3.8, 4) is 11.6 Å². The standard InChI is InChI=1S/C13H11BrN2O3/c1-7-6-8(14)2-5-11(7)19-12-9(15)3-4-10(16-12)13(17)18/h2-6H,15H2,1H3,(H,17,18). The molecule has 3 N–H and O–H groups in total. The molecule has 0 fully saturated rings. The first kappa shape index (κ1) is 13.4. The van der Waals surface area contributed by atoms with Crippen LogP contribution in [0.15, 0.2) is 34.8 Å². The van der Waals surface area contributed by atoms with Crippen molar-refractivity contribution in [2.24, 2.45) is 0 Å². The first-order chi connectivity index (χ1) is 8.97. The predicted molar refractivity (Wildman–Crippen MR) is 74.6 cm³/mol. The SMILES string of the molecule is Cc1cc(Br)ccc1Oc1nc(C(=O)O)ccc1N. The van der Waals surface area contributed by atoms with E-state index in [-0.39, 0.29) is 17.3 Å². The molecule has 1 aromatic carbocycles. The molecule has 1 heterocycles. The van der Waals surface area contributed by atoms with E-state index in [1.807, 2.05) is 19.1 Å². The van der Waals surface area contributed by atoms with Crippen LogP contribution in [0.5, 0.6) is 11.6 Å². The summed E-state index contributed by atoms with van der Waals surface area (Å²) in [5.41, 5.74) is 6.79. The average Bonchev–Trinajstić information content (AvgIpc) is 2.34. The van der Waals surface area contributed by atoms with Gasteiger partial charge in [-0.05, 0) is 42.8 Å². The lowest BCUT2D eigenvalue weighted by Gasteiger charge is -2.10. The Morgan fingerprint density at radius 3 is 2.74 bits per heavy atom. The van der Waals surface area contributed by atoms with Gasteiger partial charge in [0.2, 0.25) is 5.88 Å². The molecule has 0 amide bonds. The number of aromatic carboxylic acids is 1. The van der Waals surface area contributed by atoms with Gasteiger partial charge in [-0.15, -0.1) is 0 Å². The molecule has 98 valence electrons. The summed E-state index contributed by atoms with van der Waals surface area (Å²) in [7, 11) is 0. The van der Waals surface area contributed by atoms with Gasteiger partial charge in [0.1, 0.15) is 5.75 Å². The van der Waals surface area contributed by atoms with Crippen molar-refractivity contribution in [2.75, 3.05) is 5.73 Å². The Labute approximate surface area is 118 Å². The lowest BCUT2D eigenvalue weighted by Crippen LogP contribution is -2.04. The normalized spacial score (nSPS) is 10.2. The fourth-order valence-corrected chi connectivity index (χ4v) is 1.96. The number of nitrogens with two attached hydrogens (primary N) is 1. The average molecular weight is 323 g/mol. The largest absolute Gasteiger partial charge is 0.477 e. The minimum absolute atomic E-state index is 0.0883. The van der Waals surface area contributed by atoms with Gasteiger partial charge in [0.25, 0.3) is 0 Å². The molecule has 0 saturated carbocycles. The minimum atomic E-state index is -1.13. The van der Waals surface area contributed by atoms with Crippen LogP contribution in [0, 0.1) is 6.92 Å². The number of carbonyl (C=O) groups is 1. The first-order valence-corrected chi connectivity index (χ1v) is 6.20. The molecule has 0 aliphatic carbocycles. The fraction of sp³-hybridized carbons (Fsp3) is 0.0769. The van der Waals surface area contributed by atoms with Crippen molar-refractivity contribution in [3.63, 3.8) is 0 Å². The van der Waals surface area contributed by atoms with Crippen molar-refractivity contribution < 1.29 is 14.6 Å². The van der Waals surface area contributed by atoms with Crippen LogP contribution in [-0.2, 0) is 0 Å². The number of aryl methyl sites for hydroxylation is 1. The second-order valence-corrected chi connectivity index (χ2v) is 4.82. The number of pyridine rings is 1. The van der Waals surface area contributed by atoms with Gasteiger partial charge < -0.3 is 15.6 Å². The number of aromatic nitrogens is 1. The number of hydrogen-bond acceptors (Lipinski definition) is 4. The van der Waals surface area contributed by atoms with Gasteiger partial charge >= 0.3 is 5.97 Å². The van der Waals surface area contributed by atoms with E-state index in [4.69, 9.17) is 15.6 Å². The van der Waals surface area contributed by atoms with Gasteiger partial charge in [-0.3, -0.25) is 0 Å². The molecule has 0 radical (unpaired) electrons. The number of halogens is 1. The minimum Gasteiger partial charge on any atom is -0.477 e. The fourth-order valence-electron chi connectivity index (χ4n) is 1.48. The highest BCUT2D eigenvalue weighted by atomic mass is 79.9. The highest BCUT2D eigenvalue weighted by Gasteiger charge is 2.11. The molecule has 0 unspecified atom stereocenters. The number of anilines is 1. The van der Waals surface area contributed by atoms with Crippen LogP contribution >= 0.6 is 15.9 Å². The van der Waals surface area contributed by atoms with E-state index in [9.17, 15) is 4.79 Å². The van der Waals surface area contributed by atoms with Gasteiger partial charge in [0.05, 0.1) is 5.69 Å². The van der Waals surface area contributed by atoms with Gasteiger partial charge in [0, 0.05) is 4.47 Å². The topological polar surface area (TPSA) is 85.4 Å². The smallest absolute Gasteiger partial charge is 0.354 e. The molecule has 0 aliphatic heterocycles. The number of ether oxygens (including phenoxy) is 1. The number of carboxylic acids is 1. The number of nitrogen functional groups attached to an aromatic ring is 1. The molecule has 1 aromatic heterocycles. The zero-order valence-corrected chi connectivity index (χ0v) is 11.6. The molecule has 19 heavy (non-hydrogen) atoms. The summed E-state index contributed by atoms with van der Waals surface area (Å²) < 4.78 is 6.49. The summed E-state index contributed by atoms with van der Waals surface area (Å²) in [6, 6.07) is 8.25. The maximum atomic E-state index is 10.9. The van der Waals surface area contributed by atoms with Crippen LogP contribution in [-0.4, -0.2) is 16.1 Å². The van der Waals surface area contributed by atoms with Crippen molar-refractivity contribution in [1.82, 2.24) is 4.98 Å². The molecule has 6 heteroatoms. The van der Waals surface area contributed by atoms with Gasteiger partial charge in [-0.1, -0.05) is 15.9 Å². The predicted octanol–water partition coefficient (Wildman–Crippen LogP) is 3.23. The number of hydrogen-bond donors (Lipinski definition) is 2. The third-order valence-corrected chi connectivity index (χ3v) is 2.95. The van der Waals surface area contributed by atoms with Gasteiger partial charge in [-0.25, -0.2) is 9.78 Å². The monoisotopic (exact) mass is 322 g/mol. The second-order valence-electron chi connectivity index (χ2n) is 3.91. The van der Waals surface area contributed by atoms with E-state index in [2.05, 4.69) is 20.9 Å². The molecular formula is C13H11BrN2O3. The third-order valence-electron chi connectivity index (χ3n) is 2.45. The van der Waals surface area contributed by atoms with Crippen LogP contribution < -0.4 is 10.5 Å². The summed E-state index contributed by atoms with van der Waals surface area (Å²) >= 11 is 3.35. The van der Waals surface area contributed by atoms with Crippen LogP contribution in [0.4, 0.5) is 5.69 Å². The molecule has 2 rings (SSSR count). The number of rotatable bonds is 3. The molecule has 0 aliphatic rings. The third kappa shape index (κ3) is 3.03. The molecular weight excluding hydrogens is 312 g/mol. The quantitative estimate of drug-likeness (QED) is 0.906.